The summed E-state index contributed by atoms with van der Waals surface area (Å²) < 4.78 is 26.7. The van der Waals surface area contributed by atoms with Gasteiger partial charge in [0, 0.05) is 62.5 Å². The number of rotatable bonds is 5. The molecule has 0 bridgehead atoms. The van der Waals surface area contributed by atoms with Crippen LogP contribution in [0.25, 0.3) is 11.3 Å². The topological polar surface area (TPSA) is 98.7 Å². The summed E-state index contributed by atoms with van der Waals surface area (Å²) in [6.07, 6.45) is 5.00. The number of halogens is 1. The molecule has 1 fully saturated rings. The van der Waals surface area contributed by atoms with Crippen molar-refractivity contribution in [1.82, 2.24) is 24.1 Å². The third kappa shape index (κ3) is 4.81. The third-order valence-corrected chi connectivity index (χ3v) is 6.34. The quantitative estimate of drug-likeness (QED) is 0.592. The lowest BCUT2D eigenvalue weighted by molar-refractivity contribution is 0.248. The monoisotopic (exact) mass is 446 g/mol. The first-order valence-electron chi connectivity index (χ1n) is 9.87. The minimum Gasteiger partial charge on any atom is -0.412 e. The fourth-order valence-electron chi connectivity index (χ4n) is 3.84. The molecular formula is C21H27FN6O2S. The van der Waals surface area contributed by atoms with Gasteiger partial charge >= 0.3 is 0 Å². The van der Waals surface area contributed by atoms with Crippen LogP contribution >= 0.6 is 0 Å². The summed E-state index contributed by atoms with van der Waals surface area (Å²) in [7, 11) is -1.15. The highest BCUT2D eigenvalue weighted by Gasteiger charge is 2.23. The van der Waals surface area contributed by atoms with E-state index < -0.39 is 11.0 Å². The molecule has 0 amide bonds. The number of hydrogen-bond donors (Lipinski definition) is 0. The van der Waals surface area contributed by atoms with Gasteiger partial charge in [-0.1, -0.05) is 0 Å². The van der Waals surface area contributed by atoms with E-state index in [1.54, 1.807) is 34.9 Å². The molecule has 10 heteroatoms. The Labute approximate surface area is 183 Å². The standard InChI is InChI=1S/C21H25FN6OS.H2O/c1-15-19(16(2)28(25-15)30(3)29)14-26-10-12-27(13-11-26)21-20(23-8-9-24-21)17-4-6-18(22)7-5-17;/h4-9H,10-14H2,1-3H3;1H2. The second-order valence-corrected chi connectivity index (χ2v) is 8.64. The molecule has 166 valence electrons. The van der Waals surface area contributed by atoms with E-state index in [0.717, 1.165) is 66.8 Å². The number of aromatic nitrogens is 4. The Balaban J connectivity index is 0.00000272. The average Bonchev–Trinajstić information content (AvgIpc) is 3.03. The minimum absolute atomic E-state index is 0. The van der Waals surface area contributed by atoms with Crippen LogP contribution < -0.4 is 4.90 Å². The van der Waals surface area contributed by atoms with Crippen molar-refractivity contribution >= 4 is 16.8 Å². The van der Waals surface area contributed by atoms with E-state index in [1.165, 1.54) is 12.1 Å². The maximum Gasteiger partial charge on any atom is 0.155 e. The van der Waals surface area contributed by atoms with Crippen LogP contribution in [-0.4, -0.2) is 66.2 Å². The Morgan fingerprint density at radius 3 is 2.29 bits per heavy atom. The molecule has 1 aliphatic heterocycles. The molecule has 3 aromatic rings. The van der Waals surface area contributed by atoms with Gasteiger partial charge in [0.15, 0.2) is 5.82 Å². The van der Waals surface area contributed by atoms with Gasteiger partial charge in [0.25, 0.3) is 0 Å². The summed E-state index contributed by atoms with van der Waals surface area (Å²) >= 11 is 0. The Hall–Kier alpha value is -2.69. The third-order valence-electron chi connectivity index (χ3n) is 5.49. The van der Waals surface area contributed by atoms with E-state index in [2.05, 4.69) is 24.9 Å². The summed E-state index contributed by atoms with van der Waals surface area (Å²) in [6.45, 7) is 8.11. The zero-order chi connectivity index (χ0) is 21.3. The largest absolute Gasteiger partial charge is 0.412 e. The second kappa shape index (κ2) is 9.63. The number of anilines is 1. The zero-order valence-electron chi connectivity index (χ0n) is 17.9. The van der Waals surface area contributed by atoms with Gasteiger partial charge in [-0.2, -0.15) is 9.19 Å². The number of hydrogen-bond acceptors (Lipinski definition) is 6. The summed E-state index contributed by atoms with van der Waals surface area (Å²) in [6, 6.07) is 6.36. The van der Waals surface area contributed by atoms with Crippen LogP contribution in [0.15, 0.2) is 36.7 Å². The lowest BCUT2D eigenvalue weighted by atomic mass is 10.1. The van der Waals surface area contributed by atoms with Crippen LogP contribution in [0.2, 0.25) is 0 Å². The van der Waals surface area contributed by atoms with Crippen molar-refractivity contribution in [2.75, 3.05) is 37.3 Å². The predicted octanol–water partition coefficient (Wildman–Crippen LogP) is 1.74. The van der Waals surface area contributed by atoms with Gasteiger partial charge in [-0.3, -0.25) is 9.88 Å². The zero-order valence-corrected chi connectivity index (χ0v) is 18.7. The minimum atomic E-state index is -1.15. The molecule has 2 N–H and O–H groups in total. The van der Waals surface area contributed by atoms with Gasteiger partial charge in [0.1, 0.15) is 22.5 Å². The first-order chi connectivity index (χ1) is 14.4. The van der Waals surface area contributed by atoms with Crippen LogP contribution in [0.3, 0.4) is 0 Å². The van der Waals surface area contributed by atoms with Gasteiger partial charge in [0.05, 0.1) is 11.4 Å². The normalized spacial score (nSPS) is 15.5. The SMILES string of the molecule is Cc1nn(S(C)=O)c(C)c1CN1CCN(c2nccnc2-c2ccc(F)cc2)CC1.O. The fraction of sp³-hybridized carbons (Fsp3) is 0.381. The Morgan fingerprint density at radius 2 is 1.68 bits per heavy atom. The van der Waals surface area contributed by atoms with Crippen molar-refractivity contribution in [2.24, 2.45) is 0 Å². The van der Waals surface area contributed by atoms with Gasteiger partial charge in [-0.15, -0.1) is 0 Å². The summed E-state index contributed by atoms with van der Waals surface area (Å²) in [5, 5.41) is 4.42. The smallest absolute Gasteiger partial charge is 0.155 e. The highest BCUT2D eigenvalue weighted by molar-refractivity contribution is 7.82. The molecule has 1 saturated heterocycles. The Morgan fingerprint density at radius 1 is 1.03 bits per heavy atom. The van der Waals surface area contributed by atoms with Crippen LogP contribution in [0, 0.1) is 19.7 Å². The van der Waals surface area contributed by atoms with Crippen LogP contribution in [0.4, 0.5) is 10.2 Å². The van der Waals surface area contributed by atoms with Crippen LogP contribution in [0.1, 0.15) is 17.0 Å². The van der Waals surface area contributed by atoms with E-state index in [1.807, 2.05) is 13.8 Å². The van der Waals surface area contributed by atoms with Crippen molar-refractivity contribution in [1.29, 1.82) is 0 Å². The first-order valence-corrected chi connectivity index (χ1v) is 11.4. The van der Waals surface area contributed by atoms with Crippen LogP contribution in [0.5, 0.6) is 0 Å². The van der Waals surface area contributed by atoms with Crippen LogP contribution in [-0.2, 0) is 17.5 Å². The second-order valence-electron chi connectivity index (χ2n) is 7.44. The lowest BCUT2D eigenvalue weighted by Crippen LogP contribution is -2.46. The molecular weight excluding hydrogens is 419 g/mol. The summed E-state index contributed by atoms with van der Waals surface area (Å²) in [5.74, 6) is 0.559. The number of nitrogens with zero attached hydrogens (tertiary/aromatic N) is 6. The van der Waals surface area contributed by atoms with E-state index >= 15 is 0 Å². The molecule has 1 aliphatic rings. The molecule has 0 saturated carbocycles. The molecule has 2 aromatic heterocycles. The van der Waals surface area contributed by atoms with Gasteiger partial charge in [-0.05, 0) is 38.1 Å². The van der Waals surface area contributed by atoms with E-state index in [0.29, 0.717) is 0 Å². The molecule has 1 aromatic carbocycles. The van der Waals surface area contributed by atoms with E-state index in [-0.39, 0.29) is 11.3 Å². The molecule has 31 heavy (non-hydrogen) atoms. The number of benzene rings is 1. The first kappa shape index (κ1) is 23.0. The number of aryl methyl sites for hydroxylation is 1. The van der Waals surface area contributed by atoms with E-state index in [9.17, 15) is 8.60 Å². The maximum absolute atomic E-state index is 13.3. The van der Waals surface area contributed by atoms with Crippen molar-refractivity contribution in [3.8, 4) is 11.3 Å². The van der Waals surface area contributed by atoms with Crippen molar-refractivity contribution in [3.63, 3.8) is 0 Å². The molecule has 1 atom stereocenters. The molecule has 0 spiro atoms. The Bertz CT molecular complexity index is 1060. The van der Waals surface area contributed by atoms with E-state index in [4.69, 9.17) is 0 Å². The molecule has 0 radical (unpaired) electrons. The fourth-order valence-corrected chi connectivity index (χ4v) is 4.58. The van der Waals surface area contributed by atoms with Gasteiger partial charge < -0.3 is 10.4 Å². The van der Waals surface area contributed by atoms with Gasteiger partial charge in [-0.25, -0.2) is 13.6 Å². The maximum atomic E-state index is 13.3. The highest BCUT2D eigenvalue weighted by atomic mass is 32.2. The van der Waals surface area contributed by atoms with Crippen molar-refractivity contribution in [2.45, 2.75) is 20.4 Å². The molecule has 1 unspecified atom stereocenters. The Kier molecular flexibility index (Phi) is 7.14. The molecule has 3 heterocycles. The van der Waals surface area contributed by atoms with Gasteiger partial charge in [0.2, 0.25) is 0 Å². The predicted molar refractivity (Wildman–Crippen MR) is 120 cm³/mol. The van der Waals surface area contributed by atoms with Crippen molar-refractivity contribution < 1.29 is 14.1 Å². The molecule has 4 rings (SSSR count). The summed E-state index contributed by atoms with van der Waals surface area (Å²) in [5.41, 5.74) is 4.66. The van der Waals surface area contributed by atoms with Crippen molar-refractivity contribution in [3.05, 3.63) is 59.4 Å². The highest BCUT2D eigenvalue weighted by Crippen LogP contribution is 2.28. The molecule has 8 nitrogen and oxygen atoms in total. The average molecular weight is 447 g/mol. The summed E-state index contributed by atoms with van der Waals surface area (Å²) in [4.78, 5) is 13.7. The lowest BCUT2D eigenvalue weighted by Gasteiger charge is -2.36. The molecule has 0 aliphatic carbocycles. The number of piperazine rings is 1.